The van der Waals surface area contributed by atoms with Gasteiger partial charge in [-0.2, -0.15) is 0 Å². The number of nitrogens with one attached hydrogen (secondary N) is 1. The van der Waals surface area contributed by atoms with Crippen molar-refractivity contribution >= 4 is 11.4 Å². The first-order valence-electron chi connectivity index (χ1n) is 5.71. The molecule has 0 aliphatic carbocycles. The predicted molar refractivity (Wildman–Crippen MR) is 72.0 cm³/mol. The summed E-state index contributed by atoms with van der Waals surface area (Å²) in [4.78, 5) is 10.3. The molecule has 1 aromatic carbocycles. The molecule has 18 heavy (non-hydrogen) atoms. The van der Waals surface area contributed by atoms with E-state index in [0.29, 0.717) is 19.8 Å². The first kappa shape index (κ1) is 14.2. The van der Waals surface area contributed by atoms with E-state index in [9.17, 15) is 10.1 Å². The Balaban J connectivity index is 2.47. The number of benzene rings is 1. The molecule has 1 rings (SSSR count). The molecule has 0 radical (unpaired) electrons. The zero-order chi connectivity index (χ0) is 13.5. The summed E-state index contributed by atoms with van der Waals surface area (Å²) in [6.45, 7) is 9.14. The molecule has 0 bridgehead atoms. The summed E-state index contributed by atoms with van der Waals surface area (Å²) in [5.74, 6) is 0. The quantitative estimate of drug-likeness (QED) is 0.350. The Morgan fingerprint density at radius 1 is 1.50 bits per heavy atom. The van der Waals surface area contributed by atoms with Crippen LogP contribution in [0.25, 0.3) is 0 Å². The van der Waals surface area contributed by atoms with E-state index in [-0.39, 0.29) is 5.69 Å². The van der Waals surface area contributed by atoms with Crippen LogP contribution in [0.15, 0.2) is 30.4 Å². The number of hydrogen-bond donors (Lipinski definition) is 1. The zero-order valence-electron chi connectivity index (χ0n) is 10.7. The summed E-state index contributed by atoms with van der Waals surface area (Å²) in [6.07, 6.45) is 0. The minimum atomic E-state index is -0.393. The molecule has 0 fully saturated rings. The van der Waals surface area contributed by atoms with Gasteiger partial charge in [-0.3, -0.25) is 10.1 Å². The fourth-order valence-corrected chi connectivity index (χ4v) is 1.48. The molecule has 98 valence electrons. The van der Waals surface area contributed by atoms with E-state index in [1.54, 1.807) is 6.07 Å². The van der Waals surface area contributed by atoms with Gasteiger partial charge in [0.2, 0.25) is 0 Å². The molecular formula is C13H18N2O3. The Hall–Kier alpha value is -1.88. The standard InChI is InChI=1S/C13H18N2O3/c1-10(2)9-18-5-4-14-12-6-11(3)7-13(8-12)15(16)17/h6-8,14H,1,4-5,9H2,2-3H3. The third-order valence-electron chi connectivity index (χ3n) is 2.20. The van der Waals surface area contributed by atoms with E-state index in [1.807, 2.05) is 19.9 Å². The Morgan fingerprint density at radius 2 is 2.22 bits per heavy atom. The minimum absolute atomic E-state index is 0.0976. The number of nitrogens with zero attached hydrogens (tertiary/aromatic N) is 1. The van der Waals surface area contributed by atoms with Crippen LogP contribution in [0.2, 0.25) is 0 Å². The maximum Gasteiger partial charge on any atom is 0.271 e. The second kappa shape index (κ2) is 6.76. The molecule has 0 aliphatic rings. The lowest BCUT2D eigenvalue weighted by molar-refractivity contribution is -0.384. The summed E-state index contributed by atoms with van der Waals surface area (Å²) in [7, 11) is 0. The van der Waals surface area contributed by atoms with Gasteiger partial charge >= 0.3 is 0 Å². The van der Waals surface area contributed by atoms with Gasteiger partial charge in [-0.05, 0) is 25.5 Å². The van der Waals surface area contributed by atoms with E-state index in [1.165, 1.54) is 6.07 Å². The van der Waals surface area contributed by atoms with E-state index in [0.717, 1.165) is 16.8 Å². The molecule has 5 heteroatoms. The van der Waals surface area contributed by atoms with Crippen LogP contribution >= 0.6 is 0 Å². The number of anilines is 1. The normalized spacial score (nSPS) is 10.1. The highest BCUT2D eigenvalue weighted by Crippen LogP contribution is 2.20. The second-order valence-electron chi connectivity index (χ2n) is 4.25. The van der Waals surface area contributed by atoms with Crippen LogP contribution < -0.4 is 5.32 Å². The number of hydrogen-bond acceptors (Lipinski definition) is 4. The summed E-state index contributed by atoms with van der Waals surface area (Å²) in [6, 6.07) is 4.93. The molecule has 0 aromatic heterocycles. The highest BCUT2D eigenvalue weighted by molar-refractivity contribution is 5.53. The largest absolute Gasteiger partial charge is 0.383 e. The summed E-state index contributed by atoms with van der Waals surface area (Å²) in [5.41, 5.74) is 2.66. The van der Waals surface area contributed by atoms with Crippen molar-refractivity contribution in [3.8, 4) is 0 Å². The molecule has 0 aliphatic heterocycles. The van der Waals surface area contributed by atoms with Crippen molar-refractivity contribution in [3.05, 3.63) is 46.0 Å². The van der Waals surface area contributed by atoms with Gasteiger partial charge in [-0.25, -0.2) is 0 Å². The molecule has 0 saturated carbocycles. The lowest BCUT2D eigenvalue weighted by Crippen LogP contribution is -2.10. The van der Waals surface area contributed by atoms with Crippen molar-refractivity contribution in [3.63, 3.8) is 0 Å². The van der Waals surface area contributed by atoms with Crippen LogP contribution in [-0.2, 0) is 4.74 Å². The van der Waals surface area contributed by atoms with Gasteiger partial charge in [-0.15, -0.1) is 0 Å². The fraction of sp³-hybridized carbons (Fsp3) is 0.385. The molecule has 1 aromatic rings. The van der Waals surface area contributed by atoms with Gasteiger partial charge < -0.3 is 10.1 Å². The predicted octanol–water partition coefficient (Wildman–Crippen LogP) is 2.91. The molecule has 0 amide bonds. The van der Waals surface area contributed by atoms with Crippen molar-refractivity contribution < 1.29 is 9.66 Å². The average Bonchev–Trinajstić information content (AvgIpc) is 2.27. The fourth-order valence-electron chi connectivity index (χ4n) is 1.48. The van der Waals surface area contributed by atoms with Crippen LogP contribution in [0.5, 0.6) is 0 Å². The van der Waals surface area contributed by atoms with Crippen molar-refractivity contribution in [1.29, 1.82) is 0 Å². The number of nitro benzene ring substituents is 1. The Bertz CT molecular complexity index is 444. The van der Waals surface area contributed by atoms with E-state index in [2.05, 4.69) is 11.9 Å². The van der Waals surface area contributed by atoms with Crippen molar-refractivity contribution in [2.75, 3.05) is 25.1 Å². The maximum absolute atomic E-state index is 10.7. The monoisotopic (exact) mass is 250 g/mol. The molecule has 1 N–H and O–H groups in total. The molecule has 0 atom stereocenters. The van der Waals surface area contributed by atoms with Gasteiger partial charge in [-0.1, -0.05) is 12.2 Å². The molecule has 0 spiro atoms. The summed E-state index contributed by atoms with van der Waals surface area (Å²) >= 11 is 0. The number of aryl methyl sites for hydroxylation is 1. The topological polar surface area (TPSA) is 64.4 Å². The van der Waals surface area contributed by atoms with Crippen molar-refractivity contribution in [2.45, 2.75) is 13.8 Å². The van der Waals surface area contributed by atoms with Crippen LogP contribution in [-0.4, -0.2) is 24.7 Å². The SMILES string of the molecule is C=C(C)COCCNc1cc(C)cc([N+](=O)[O-])c1. The van der Waals surface area contributed by atoms with Gasteiger partial charge in [0.25, 0.3) is 5.69 Å². The van der Waals surface area contributed by atoms with Crippen LogP contribution in [0.3, 0.4) is 0 Å². The van der Waals surface area contributed by atoms with Crippen molar-refractivity contribution in [1.82, 2.24) is 0 Å². The number of ether oxygens (including phenoxy) is 1. The van der Waals surface area contributed by atoms with Crippen LogP contribution in [0, 0.1) is 17.0 Å². The van der Waals surface area contributed by atoms with E-state index >= 15 is 0 Å². The molecule has 0 heterocycles. The Kier molecular flexibility index (Phi) is 5.32. The first-order valence-corrected chi connectivity index (χ1v) is 5.71. The number of rotatable bonds is 7. The van der Waals surface area contributed by atoms with E-state index in [4.69, 9.17) is 4.74 Å². The van der Waals surface area contributed by atoms with Gasteiger partial charge in [0, 0.05) is 24.4 Å². The Morgan fingerprint density at radius 3 is 2.83 bits per heavy atom. The Labute approximate surface area is 107 Å². The van der Waals surface area contributed by atoms with Crippen LogP contribution in [0.4, 0.5) is 11.4 Å². The van der Waals surface area contributed by atoms with Crippen LogP contribution in [0.1, 0.15) is 12.5 Å². The lowest BCUT2D eigenvalue weighted by atomic mass is 10.2. The first-order chi connectivity index (χ1) is 8.49. The second-order valence-corrected chi connectivity index (χ2v) is 4.25. The highest BCUT2D eigenvalue weighted by atomic mass is 16.6. The zero-order valence-corrected chi connectivity index (χ0v) is 10.7. The maximum atomic E-state index is 10.7. The molecule has 5 nitrogen and oxygen atoms in total. The average molecular weight is 250 g/mol. The number of nitro groups is 1. The summed E-state index contributed by atoms with van der Waals surface area (Å²) < 4.78 is 5.33. The summed E-state index contributed by atoms with van der Waals surface area (Å²) in [5, 5.41) is 13.8. The third kappa shape index (κ3) is 4.97. The number of non-ortho nitro benzene ring substituents is 1. The molecular weight excluding hydrogens is 232 g/mol. The molecule has 0 unspecified atom stereocenters. The van der Waals surface area contributed by atoms with E-state index < -0.39 is 4.92 Å². The highest BCUT2D eigenvalue weighted by Gasteiger charge is 2.07. The smallest absolute Gasteiger partial charge is 0.271 e. The molecule has 0 saturated heterocycles. The van der Waals surface area contributed by atoms with Gasteiger partial charge in [0.15, 0.2) is 0 Å². The van der Waals surface area contributed by atoms with Gasteiger partial charge in [0.1, 0.15) is 0 Å². The lowest BCUT2D eigenvalue weighted by Gasteiger charge is -2.08. The van der Waals surface area contributed by atoms with Gasteiger partial charge in [0.05, 0.1) is 18.1 Å². The third-order valence-corrected chi connectivity index (χ3v) is 2.20. The van der Waals surface area contributed by atoms with Crippen molar-refractivity contribution in [2.24, 2.45) is 0 Å². The minimum Gasteiger partial charge on any atom is -0.383 e.